The maximum absolute atomic E-state index is 11.1. The standard InChI is InChI=1S/C20H22ClN3O/c1-20(25,14-5-8-22-9-6-14)13-24-18-7-10-23(2)12-17(18)16-4-3-15(21)11-19(16)24/h3-6,8-9,11,25H,7,10,12-13H2,1-2H3. The predicted molar refractivity (Wildman–Crippen MR) is 101 cm³/mol. The number of aromatic nitrogens is 2. The van der Waals surface area contributed by atoms with Crippen LogP contribution < -0.4 is 0 Å². The van der Waals surface area contributed by atoms with Crippen molar-refractivity contribution in [2.45, 2.75) is 32.0 Å². The number of likely N-dealkylation sites (N-methyl/N-ethyl adjacent to an activating group) is 1. The Morgan fingerprint density at radius 3 is 2.76 bits per heavy atom. The van der Waals surface area contributed by atoms with E-state index < -0.39 is 5.60 Å². The van der Waals surface area contributed by atoms with Crippen molar-refractivity contribution in [3.8, 4) is 0 Å². The smallest absolute Gasteiger partial charge is 0.105 e. The first-order valence-electron chi connectivity index (χ1n) is 8.56. The van der Waals surface area contributed by atoms with E-state index in [1.807, 2.05) is 31.2 Å². The van der Waals surface area contributed by atoms with Gasteiger partial charge in [0.25, 0.3) is 0 Å². The van der Waals surface area contributed by atoms with E-state index in [1.165, 1.54) is 16.6 Å². The summed E-state index contributed by atoms with van der Waals surface area (Å²) in [7, 11) is 2.15. The van der Waals surface area contributed by atoms with Crippen LogP contribution >= 0.6 is 11.6 Å². The number of pyridine rings is 1. The lowest BCUT2D eigenvalue weighted by Crippen LogP contribution is -2.31. The second kappa shape index (κ2) is 6.13. The van der Waals surface area contributed by atoms with Crippen LogP contribution in [-0.2, 0) is 25.1 Å². The summed E-state index contributed by atoms with van der Waals surface area (Å²) in [5.74, 6) is 0. The molecule has 4 nitrogen and oxygen atoms in total. The van der Waals surface area contributed by atoms with Crippen molar-refractivity contribution in [2.75, 3.05) is 13.6 Å². The number of rotatable bonds is 3. The van der Waals surface area contributed by atoms with Gasteiger partial charge in [-0.2, -0.15) is 0 Å². The third kappa shape index (κ3) is 2.95. The van der Waals surface area contributed by atoms with Gasteiger partial charge in [0.1, 0.15) is 5.60 Å². The number of halogens is 1. The van der Waals surface area contributed by atoms with E-state index in [9.17, 15) is 5.11 Å². The van der Waals surface area contributed by atoms with Crippen molar-refractivity contribution in [2.24, 2.45) is 0 Å². The molecule has 0 saturated carbocycles. The lowest BCUT2D eigenvalue weighted by molar-refractivity contribution is 0.0384. The molecule has 0 spiro atoms. The van der Waals surface area contributed by atoms with Crippen molar-refractivity contribution < 1.29 is 5.11 Å². The number of nitrogens with zero attached hydrogens (tertiary/aromatic N) is 3. The molecule has 0 fully saturated rings. The van der Waals surface area contributed by atoms with Crippen LogP contribution in [0.5, 0.6) is 0 Å². The summed E-state index contributed by atoms with van der Waals surface area (Å²) in [5, 5.41) is 13.1. The highest BCUT2D eigenvalue weighted by Gasteiger charge is 2.29. The first kappa shape index (κ1) is 16.6. The fourth-order valence-electron chi connectivity index (χ4n) is 3.85. The Labute approximate surface area is 152 Å². The van der Waals surface area contributed by atoms with Gasteiger partial charge in [0.2, 0.25) is 0 Å². The van der Waals surface area contributed by atoms with Gasteiger partial charge in [0, 0.05) is 48.0 Å². The minimum Gasteiger partial charge on any atom is -0.384 e. The normalized spacial score (nSPS) is 17.4. The SMILES string of the molecule is CN1CCc2c(c3ccc(Cl)cc3n2CC(C)(O)c2ccncc2)C1. The zero-order chi connectivity index (χ0) is 17.6. The highest BCUT2D eigenvalue weighted by molar-refractivity contribution is 6.31. The Morgan fingerprint density at radius 2 is 2.00 bits per heavy atom. The zero-order valence-corrected chi connectivity index (χ0v) is 15.3. The Balaban J connectivity index is 1.85. The fraction of sp³-hybridized carbons (Fsp3) is 0.350. The minimum absolute atomic E-state index is 0.493. The molecule has 0 bridgehead atoms. The van der Waals surface area contributed by atoms with Crippen molar-refractivity contribution in [1.29, 1.82) is 0 Å². The van der Waals surface area contributed by atoms with Gasteiger partial charge in [-0.05, 0) is 49.4 Å². The zero-order valence-electron chi connectivity index (χ0n) is 14.5. The monoisotopic (exact) mass is 355 g/mol. The molecule has 0 amide bonds. The van der Waals surface area contributed by atoms with Crippen LogP contribution in [0.15, 0.2) is 42.7 Å². The molecule has 1 aliphatic rings. The van der Waals surface area contributed by atoms with Crippen molar-refractivity contribution >= 4 is 22.5 Å². The van der Waals surface area contributed by atoms with Crippen LogP contribution in [0.4, 0.5) is 0 Å². The molecule has 0 radical (unpaired) electrons. The first-order valence-corrected chi connectivity index (χ1v) is 8.94. The number of fused-ring (bicyclic) bond motifs is 3. The molecule has 1 aliphatic heterocycles. The van der Waals surface area contributed by atoms with Gasteiger partial charge in [-0.15, -0.1) is 0 Å². The van der Waals surface area contributed by atoms with Crippen LogP contribution in [0.25, 0.3) is 10.9 Å². The molecule has 1 unspecified atom stereocenters. The molecular weight excluding hydrogens is 334 g/mol. The summed E-state index contributed by atoms with van der Waals surface area (Å²) in [6.45, 7) is 4.30. The lowest BCUT2D eigenvalue weighted by atomic mass is 9.96. The number of benzene rings is 1. The van der Waals surface area contributed by atoms with Gasteiger partial charge in [0.05, 0.1) is 12.1 Å². The third-order valence-corrected chi connectivity index (χ3v) is 5.41. The molecule has 3 heterocycles. The Hall–Kier alpha value is -1.88. The molecule has 0 aliphatic carbocycles. The molecule has 1 atom stereocenters. The molecule has 0 saturated heterocycles. The quantitative estimate of drug-likeness (QED) is 0.780. The molecule has 130 valence electrons. The van der Waals surface area contributed by atoms with E-state index in [1.54, 1.807) is 12.4 Å². The molecule has 2 aromatic heterocycles. The summed E-state index contributed by atoms with van der Waals surface area (Å²) in [6.07, 6.45) is 4.42. The summed E-state index contributed by atoms with van der Waals surface area (Å²) in [6, 6.07) is 9.81. The van der Waals surface area contributed by atoms with Crippen molar-refractivity contribution in [3.05, 3.63) is 64.6 Å². The molecule has 3 aromatic rings. The maximum Gasteiger partial charge on any atom is 0.105 e. The van der Waals surface area contributed by atoms with E-state index in [2.05, 4.69) is 27.6 Å². The highest BCUT2D eigenvalue weighted by Crippen LogP contribution is 2.34. The van der Waals surface area contributed by atoms with E-state index in [0.29, 0.717) is 6.54 Å². The average Bonchev–Trinajstić information content (AvgIpc) is 2.88. The predicted octanol–water partition coefficient (Wildman–Crippen LogP) is 3.59. The van der Waals surface area contributed by atoms with Gasteiger partial charge < -0.3 is 14.6 Å². The largest absolute Gasteiger partial charge is 0.384 e. The summed E-state index contributed by atoms with van der Waals surface area (Å²) in [4.78, 5) is 6.39. The third-order valence-electron chi connectivity index (χ3n) is 5.18. The Morgan fingerprint density at radius 1 is 1.24 bits per heavy atom. The molecule has 25 heavy (non-hydrogen) atoms. The Kier molecular flexibility index (Phi) is 4.07. The van der Waals surface area contributed by atoms with Gasteiger partial charge in [-0.1, -0.05) is 17.7 Å². The molecule has 5 heteroatoms. The van der Waals surface area contributed by atoms with Crippen LogP contribution in [0.2, 0.25) is 5.02 Å². The second-order valence-corrected chi connectivity index (χ2v) is 7.61. The van der Waals surface area contributed by atoms with Gasteiger partial charge >= 0.3 is 0 Å². The summed E-state index contributed by atoms with van der Waals surface area (Å²) >= 11 is 6.28. The van der Waals surface area contributed by atoms with Gasteiger partial charge in [-0.25, -0.2) is 0 Å². The van der Waals surface area contributed by atoms with Crippen LogP contribution in [0.1, 0.15) is 23.7 Å². The fourth-order valence-corrected chi connectivity index (χ4v) is 4.01. The minimum atomic E-state index is -0.978. The van der Waals surface area contributed by atoms with E-state index >= 15 is 0 Å². The van der Waals surface area contributed by atoms with Crippen molar-refractivity contribution in [1.82, 2.24) is 14.5 Å². The maximum atomic E-state index is 11.1. The lowest BCUT2D eigenvalue weighted by Gasteiger charge is -2.28. The molecule has 1 N–H and O–H groups in total. The number of aliphatic hydroxyl groups is 1. The van der Waals surface area contributed by atoms with Gasteiger partial charge in [0.15, 0.2) is 0 Å². The van der Waals surface area contributed by atoms with Crippen molar-refractivity contribution in [3.63, 3.8) is 0 Å². The summed E-state index contributed by atoms with van der Waals surface area (Å²) in [5.41, 5.74) is 3.65. The molecular formula is C20H22ClN3O. The molecule has 1 aromatic carbocycles. The van der Waals surface area contributed by atoms with Crippen LogP contribution in [-0.4, -0.2) is 33.1 Å². The first-order chi connectivity index (χ1) is 12.0. The molecule has 4 rings (SSSR count). The van der Waals surface area contributed by atoms with Crippen LogP contribution in [0, 0.1) is 0 Å². The van der Waals surface area contributed by atoms with E-state index in [0.717, 1.165) is 35.6 Å². The van der Waals surface area contributed by atoms with E-state index in [4.69, 9.17) is 11.6 Å². The summed E-state index contributed by atoms with van der Waals surface area (Å²) < 4.78 is 2.25. The second-order valence-electron chi connectivity index (χ2n) is 7.17. The number of hydrogen-bond acceptors (Lipinski definition) is 3. The van der Waals surface area contributed by atoms with Crippen LogP contribution in [0.3, 0.4) is 0 Å². The number of hydrogen-bond donors (Lipinski definition) is 1. The van der Waals surface area contributed by atoms with Gasteiger partial charge in [-0.3, -0.25) is 4.98 Å². The highest BCUT2D eigenvalue weighted by atomic mass is 35.5. The topological polar surface area (TPSA) is 41.3 Å². The average molecular weight is 356 g/mol. The Bertz CT molecular complexity index is 918. The van der Waals surface area contributed by atoms with E-state index in [-0.39, 0.29) is 0 Å².